The van der Waals surface area contributed by atoms with Gasteiger partial charge in [0.25, 0.3) is 0 Å². The van der Waals surface area contributed by atoms with E-state index in [1.54, 1.807) is 13.8 Å². The van der Waals surface area contributed by atoms with Crippen LogP contribution in [0.5, 0.6) is 0 Å². The van der Waals surface area contributed by atoms with Gasteiger partial charge in [-0.1, -0.05) is 0 Å². The van der Waals surface area contributed by atoms with Crippen molar-refractivity contribution >= 4 is 10.9 Å². The summed E-state index contributed by atoms with van der Waals surface area (Å²) in [4.78, 5) is 14.6. The van der Waals surface area contributed by atoms with Crippen molar-refractivity contribution in [3.63, 3.8) is 0 Å². The van der Waals surface area contributed by atoms with Gasteiger partial charge in [0, 0.05) is 16.6 Å². The molecule has 17 heavy (non-hydrogen) atoms. The Morgan fingerprint density at radius 1 is 1.18 bits per heavy atom. The number of nitrogens with one attached hydrogen (secondary N) is 1. The maximum atomic E-state index is 12.5. The quantitative estimate of drug-likeness (QED) is 0.755. The molecule has 0 saturated carbocycles. The molecule has 2 rings (SSSR count). The Labute approximate surface area is 95.1 Å². The van der Waals surface area contributed by atoms with Crippen molar-refractivity contribution in [2.75, 3.05) is 0 Å². The predicted molar refractivity (Wildman–Crippen MR) is 59.0 cm³/mol. The molecule has 1 aromatic carbocycles. The zero-order chi connectivity index (χ0) is 12.8. The average molecular weight is 241 g/mol. The molecule has 0 unspecified atom stereocenters. The molecule has 90 valence electrons. The molecule has 0 amide bonds. The van der Waals surface area contributed by atoms with Crippen LogP contribution in [-0.4, -0.2) is 4.98 Å². The van der Waals surface area contributed by atoms with Crippen LogP contribution in [0.15, 0.2) is 23.0 Å². The minimum atomic E-state index is -4.40. The molecule has 0 radical (unpaired) electrons. The van der Waals surface area contributed by atoms with Gasteiger partial charge in [0.1, 0.15) is 0 Å². The zero-order valence-corrected chi connectivity index (χ0v) is 9.27. The first-order valence-corrected chi connectivity index (χ1v) is 5.01. The van der Waals surface area contributed by atoms with E-state index in [0.717, 1.165) is 12.1 Å². The number of rotatable bonds is 0. The summed E-state index contributed by atoms with van der Waals surface area (Å²) in [6.45, 7) is 3.31. The van der Waals surface area contributed by atoms with Crippen LogP contribution >= 0.6 is 0 Å². The highest BCUT2D eigenvalue weighted by atomic mass is 19.4. The second-order valence-corrected chi connectivity index (χ2v) is 3.96. The number of aryl methyl sites for hydroxylation is 1. The summed E-state index contributed by atoms with van der Waals surface area (Å²) >= 11 is 0. The van der Waals surface area contributed by atoms with Crippen LogP contribution in [0.4, 0.5) is 13.2 Å². The smallest absolute Gasteiger partial charge is 0.358 e. The summed E-state index contributed by atoms with van der Waals surface area (Å²) in [6.07, 6.45) is -4.40. The molecule has 2 aromatic rings. The summed E-state index contributed by atoms with van der Waals surface area (Å²) in [5.41, 5.74) is 0.334. The Hall–Kier alpha value is -1.78. The topological polar surface area (TPSA) is 32.9 Å². The lowest BCUT2D eigenvalue weighted by molar-refractivity contribution is -0.137. The highest BCUT2D eigenvalue weighted by molar-refractivity contribution is 5.80. The van der Waals surface area contributed by atoms with Gasteiger partial charge in [-0.15, -0.1) is 0 Å². The van der Waals surface area contributed by atoms with Crippen LogP contribution in [0.1, 0.15) is 16.8 Å². The number of alkyl halides is 3. The molecule has 0 aliphatic rings. The maximum Gasteiger partial charge on any atom is 0.416 e. The number of hydrogen-bond acceptors (Lipinski definition) is 1. The number of pyridine rings is 1. The Kier molecular flexibility index (Phi) is 2.49. The van der Waals surface area contributed by atoms with Gasteiger partial charge < -0.3 is 4.98 Å². The third-order valence-electron chi connectivity index (χ3n) is 2.82. The van der Waals surface area contributed by atoms with Crippen molar-refractivity contribution in [3.8, 4) is 0 Å². The van der Waals surface area contributed by atoms with Crippen molar-refractivity contribution < 1.29 is 13.2 Å². The SMILES string of the molecule is Cc1[nH]c2cc(C(F)(F)F)ccc2c(=O)c1C. The first-order chi connectivity index (χ1) is 7.80. The lowest BCUT2D eigenvalue weighted by Crippen LogP contribution is -2.11. The van der Waals surface area contributed by atoms with Crippen LogP contribution in [0, 0.1) is 13.8 Å². The highest BCUT2D eigenvalue weighted by Crippen LogP contribution is 2.30. The van der Waals surface area contributed by atoms with Gasteiger partial charge in [-0.05, 0) is 32.0 Å². The number of benzene rings is 1. The minimum Gasteiger partial charge on any atom is -0.358 e. The van der Waals surface area contributed by atoms with Crippen LogP contribution in [0.25, 0.3) is 10.9 Å². The Morgan fingerprint density at radius 2 is 1.82 bits per heavy atom. The van der Waals surface area contributed by atoms with E-state index >= 15 is 0 Å². The molecular weight excluding hydrogens is 231 g/mol. The lowest BCUT2D eigenvalue weighted by Gasteiger charge is -2.09. The summed E-state index contributed by atoms with van der Waals surface area (Å²) < 4.78 is 37.5. The first-order valence-electron chi connectivity index (χ1n) is 5.01. The fraction of sp³-hybridized carbons (Fsp3) is 0.250. The molecule has 0 fully saturated rings. The van der Waals surface area contributed by atoms with Crippen LogP contribution in [-0.2, 0) is 6.18 Å². The lowest BCUT2D eigenvalue weighted by atomic mass is 10.1. The van der Waals surface area contributed by atoms with Gasteiger partial charge in [0.2, 0.25) is 0 Å². The number of H-pyrrole nitrogens is 1. The molecule has 0 aliphatic carbocycles. The van der Waals surface area contributed by atoms with Crippen molar-refractivity contribution in [3.05, 3.63) is 45.2 Å². The standard InChI is InChI=1S/C12H10F3NO/c1-6-7(2)16-10-5-8(12(13,14)15)3-4-9(10)11(6)17/h3-5H,1-2H3,(H,16,17). The number of halogens is 3. The second-order valence-electron chi connectivity index (χ2n) is 3.96. The van der Waals surface area contributed by atoms with Gasteiger partial charge in [0.15, 0.2) is 5.43 Å². The fourth-order valence-corrected chi connectivity index (χ4v) is 1.69. The third kappa shape index (κ3) is 1.92. The van der Waals surface area contributed by atoms with Gasteiger partial charge in [-0.25, -0.2) is 0 Å². The summed E-state index contributed by atoms with van der Waals surface area (Å²) in [6, 6.07) is 3.10. The van der Waals surface area contributed by atoms with Gasteiger partial charge in [0.05, 0.1) is 11.1 Å². The van der Waals surface area contributed by atoms with Crippen molar-refractivity contribution in [2.24, 2.45) is 0 Å². The average Bonchev–Trinajstić information content (AvgIpc) is 2.24. The van der Waals surface area contributed by atoms with Crippen LogP contribution < -0.4 is 5.43 Å². The molecule has 1 N–H and O–H groups in total. The first kappa shape index (κ1) is 11.7. The van der Waals surface area contributed by atoms with E-state index in [4.69, 9.17) is 0 Å². The Bertz CT molecular complexity index is 640. The van der Waals surface area contributed by atoms with Crippen molar-refractivity contribution in [2.45, 2.75) is 20.0 Å². The molecule has 1 aromatic heterocycles. The van der Waals surface area contributed by atoms with Gasteiger partial charge >= 0.3 is 6.18 Å². The molecule has 0 saturated heterocycles. The molecule has 0 spiro atoms. The summed E-state index contributed by atoms with van der Waals surface area (Å²) in [5, 5.41) is 0.279. The number of aromatic nitrogens is 1. The van der Waals surface area contributed by atoms with E-state index in [-0.39, 0.29) is 16.3 Å². The second kappa shape index (κ2) is 3.61. The van der Waals surface area contributed by atoms with E-state index in [1.807, 2.05) is 0 Å². The molecule has 0 bridgehead atoms. The van der Waals surface area contributed by atoms with E-state index in [2.05, 4.69) is 4.98 Å². The highest BCUT2D eigenvalue weighted by Gasteiger charge is 2.30. The Morgan fingerprint density at radius 3 is 2.41 bits per heavy atom. The van der Waals surface area contributed by atoms with Gasteiger partial charge in [-0.3, -0.25) is 4.79 Å². The number of aromatic amines is 1. The molecule has 5 heteroatoms. The molecule has 0 atom stereocenters. The van der Waals surface area contributed by atoms with E-state index in [1.165, 1.54) is 6.07 Å². The zero-order valence-electron chi connectivity index (χ0n) is 9.27. The molecule has 2 nitrogen and oxygen atoms in total. The number of hydrogen-bond donors (Lipinski definition) is 1. The van der Waals surface area contributed by atoms with Crippen LogP contribution in [0.3, 0.4) is 0 Å². The normalized spacial score (nSPS) is 12.1. The largest absolute Gasteiger partial charge is 0.416 e. The fourth-order valence-electron chi connectivity index (χ4n) is 1.69. The van der Waals surface area contributed by atoms with Crippen molar-refractivity contribution in [1.82, 2.24) is 4.98 Å². The van der Waals surface area contributed by atoms with E-state index in [0.29, 0.717) is 11.3 Å². The maximum absolute atomic E-state index is 12.5. The molecular formula is C12H10F3NO. The molecule has 1 heterocycles. The van der Waals surface area contributed by atoms with E-state index in [9.17, 15) is 18.0 Å². The summed E-state index contributed by atoms with van der Waals surface area (Å²) in [7, 11) is 0. The summed E-state index contributed by atoms with van der Waals surface area (Å²) in [5.74, 6) is 0. The number of fused-ring (bicyclic) bond motifs is 1. The van der Waals surface area contributed by atoms with Crippen LogP contribution in [0.2, 0.25) is 0 Å². The Balaban J connectivity index is 2.81. The molecule has 0 aliphatic heterocycles. The minimum absolute atomic E-state index is 0.216. The predicted octanol–water partition coefficient (Wildman–Crippen LogP) is 3.16. The third-order valence-corrected chi connectivity index (χ3v) is 2.82. The van der Waals surface area contributed by atoms with Gasteiger partial charge in [-0.2, -0.15) is 13.2 Å². The van der Waals surface area contributed by atoms with Crippen molar-refractivity contribution in [1.29, 1.82) is 0 Å². The van der Waals surface area contributed by atoms with E-state index < -0.39 is 11.7 Å². The monoisotopic (exact) mass is 241 g/mol.